The molecule has 0 N–H and O–H groups in total. The number of likely N-dealkylation sites (N-methyl/N-ethyl adjacent to an activating group) is 1. The Labute approximate surface area is 125 Å². The van der Waals surface area contributed by atoms with Crippen molar-refractivity contribution in [2.75, 3.05) is 32.8 Å². The highest BCUT2D eigenvalue weighted by Gasteiger charge is 2.38. The van der Waals surface area contributed by atoms with E-state index >= 15 is 0 Å². The third kappa shape index (κ3) is 2.82. The van der Waals surface area contributed by atoms with E-state index in [0.717, 1.165) is 45.7 Å². The number of carbonyl (C=O) groups is 1. The van der Waals surface area contributed by atoms with Crippen molar-refractivity contribution in [3.8, 4) is 0 Å². The number of hydrogen-bond donors (Lipinski definition) is 0. The van der Waals surface area contributed by atoms with Gasteiger partial charge in [0.15, 0.2) is 0 Å². The largest absolute Gasteiger partial charge is 0.381 e. The maximum absolute atomic E-state index is 12.4. The Hall–Kier alpha value is -1.40. The molecule has 6 nitrogen and oxygen atoms in total. The highest BCUT2D eigenvalue weighted by Crippen LogP contribution is 2.23. The molecule has 0 radical (unpaired) electrons. The Morgan fingerprint density at radius 2 is 2.10 bits per heavy atom. The van der Waals surface area contributed by atoms with Crippen LogP contribution in [-0.4, -0.2) is 70.4 Å². The Morgan fingerprint density at radius 3 is 2.67 bits per heavy atom. The molecule has 1 aromatic rings. The summed E-state index contributed by atoms with van der Waals surface area (Å²) in [6.07, 6.45) is 3.89. The third-order valence-electron chi connectivity index (χ3n) is 4.68. The van der Waals surface area contributed by atoms with Gasteiger partial charge in [-0.1, -0.05) is 6.92 Å². The number of hydrogen-bond acceptors (Lipinski definition) is 4. The van der Waals surface area contributed by atoms with Crippen molar-refractivity contribution in [1.29, 1.82) is 0 Å². The summed E-state index contributed by atoms with van der Waals surface area (Å²) in [5, 5.41) is 4.07. The third-order valence-corrected chi connectivity index (χ3v) is 4.68. The molecule has 3 heterocycles. The first-order valence-electron chi connectivity index (χ1n) is 7.81. The van der Waals surface area contributed by atoms with Crippen LogP contribution < -0.4 is 0 Å². The summed E-state index contributed by atoms with van der Waals surface area (Å²) >= 11 is 0. The monoisotopic (exact) mass is 292 g/mol. The second kappa shape index (κ2) is 6.15. The first kappa shape index (κ1) is 14.5. The molecule has 1 amide bonds. The average molecular weight is 292 g/mol. The molecule has 0 unspecified atom stereocenters. The molecule has 1 aromatic heterocycles. The normalized spacial score (nSPS) is 20.8. The van der Waals surface area contributed by atoms with Gasteiger partial charge in [-0.05, 0) is 25.5 Å². The van der Waals surface area contributed by atoms with E-state index in [0.29, 0.717) is 17.8 Å². The quantitative estimate of drug-likeness (QED) is 0.821. The summed E-state index contributed by atoms with van der Waals surface area (Å²) in [6.45, 7) is 6.64. The number of rotatable bonds is 4. The maximum Gasteiger partial charge on any atom is 0.272 e. The van der Waals surface area contributed by atoms with Crippen LogP contribution in [0.2, 0.25) is 0 Å². The summed E-state index contributed by atoms with van der Waals surface area (Å²) in [6, 6.07) is 2.89. The van der Waals surface area contributed by atoms with Crippen molar-refractivity contribution in [2.45, 2.75) is 31.8 Å². The summed E-state index contributed by atoms with van der Waals surface area (Å²) in [4.78, 5) is 16.8. The van der Waals surface area contributed by atoms with E-state index in [2.05, 4.69) is 16.9 Å². The lowest BCUT2D eigenvalue weighted by molar-refractivity contribution is -0.0224. The van der Waals surface area contributed by atoms with Crippen LogP contribution >= 0.6 is 0 Å². The van der Waals surface area contributed by atoms with E-state index < -0.39 is 0 Å². The van der Waals surface area contributed by atoms with Gasteiger partial charge in [-0.15, -0.1) is 0 Å². The van der Waals surface area contributed by atoms with Crippen molar-refractivity contribution in [2.24, 2.45) is 7.05 Å². The van der Waals surface area contributed by atoms with E-state index in [-0.39, 0.29) is 5.91 Å². The molecule has 2 aliphatic rings. The van der Waals surface area contributed by atoms with E-state index in [1.54, 1.807) is 16.9 Å². The molecule has 0 aliphatic carbocycles. The lowest BCUT2D eigenvalue weighted by atomic mass is 10.00. The number of aromatic nitrogens is 2. The molecule has 2 aliphatic heterocycles. The topological polar surface area (TPSA) is 50.6 Å². The lowest BCUT2D eigenvalue weighted by Gasteiger charge is -2.48. The minimum Gasteiger partial charge on any atom is -0.381 e. The number of nitrogens with zero attached hydrogens (tertiary/aromatic N) is 4. The highest BCUT2D eigenvalue weighted by atomic mass is 16.5. The SMILES string of the molecule is CCN(C1CCOCC1)C1CN(C(=O)c2ccnn2C)C1. The zero-order valence-corrected chi connectivity index (χ0v) is 12.9. The molecule has 2 fully saturated rings. The molecular weight excluding hydrogens is 268 g/mol. The molecule has 2 saturated heterocycles. The van der Waals surface area contributed by atoms with Gasteiger partial charge in [-0.2, -0.15) is 5.10 Å². The molecule has 21 heavy (non-hydrogen) atoms. The minimum atomic E-state index is 0.0919. The maximum atomic E-state index is 12.4. The Bertz CT molecular complexity index is 490. The number of ether oxygens (including phenoxy) is 1. The van der Waals surface area contributed by atoms with Gasteiger partial charge in [-0.25, -0.2) is 0 Å². The second-order valence-corrected chi connectivity index (χ2v) is 5.88. The Morgan fingerprint density at radius 1 is 1.38 bits per heavy atom. The van der Waals surface area contributed by atoms with Crippen LogP contribution in [0, 0.1) is 0 Å². The van der Waals surface area contributed by atoms with Crippen molar-refractivity contribution in [3.05, 3.63) is 18.0 Å². The summed E-state index contributed by atoms with van der Waals surface area (Å²) in [5.74, 6) is 0.0919. The Balaban J connectivity index is 1.56. The van der Waals surface area contributed by atoms with E-state index in [1.807, 2.05) is 11.9 Å². The fourth-order valence-electron chi connectivity index (χ4n) is 3.41. The zero-order valence-electron chi connectivity index (χ0n) is 12.9. The van der Waals surface area contributed by atoms with Gasteiger partial charge in [0.05, 0.1) is 0 Å². The van der Waals surface area contributed by atoms with Gasteiger partial charge in [0.1, 0.15) is 5.69 Å². The lowest BCUT2D eigenvalue weighted by Crippen LogP contribution is -2.63. The first-order valence-corrected chi connectivity index (χ1v) is 7.81. The smallest absolute Gasteiger partial charge is 0.272 e. The fourth-order valence-corrected chi connectivity index (χ4v) is 3.41. The Kier molecular flexibility index (Phi) is 4.26. The van der Waals surface area contributed by atoms with E-state index in [4.69, 9.17) is 4.74 Å². The van der Waals surface area contributed by atoms with Crippen LogP contribution in [-0.2, 0) is 11.8 Å². The first-order chi connectivity index (χ1) is 10.2. The van der Waals surface area contributed by atoms with Crippen LogP contribution in [0.15, 0.2) is 12.3 Å². The van der Waals surface area contributed by atoms with Gasteiger partial charge in [-0.3, -0.25) is 14.4 Å². The van der Waals surface area contributed by atoms with Crippen molar-refractivity contribution >= 4 is 5.91 Å². The second-order valence-electron chi connectivity index (χ2n) is 5.88. The van der Waals surface area contributed by atoms with Gasteiger partial charge < -0.3 is 9.64 Å². The molecular formula is C15H24N4O2. The van der Waals surface area contributed by atoms with Crippen molar-refractivity contribution < 1.29 is 9.53 Å². The van der Waals surface area contributed by atoms with E-state index in [9.17, 15) is 4.79 Å². The molecule has 0 aromatic carbocycles. The molecule has 6 heteroatoms. The van der Waals surface area contributed by atoms with Gasteiger partial charge in [0.25, 0.3) is 5.91 Å². The predicted octanol–water partition coefficient (Wildman–Crippen LogP) is 0.745. The van der Waals surface area contributed by atoms with Crippen molar-refractivity contribution in [3.63, 3.8) is 0 Å². The van der Waals surface area contributed by atoms with Gasteiger partial charge >= 0.3 is 0 Å². The predicted molar refractivity (Wildman–Crippen MR) is 79.1 cm³/mol. The van der Waals surface area contributed by atoms with E-state index in [1.165, 1.54) is 0 Å². The van der Waals surface area contributed by atoms with Crippen LogP contribution in [0.3, 0.4) is 0 Å². The summed E-state index contributed by atoms with van der Waals surface area (Å²) in [7, 11) is 1.81. The van der Waals surface area contributed by atoms with Crippen LogP contribution in [0.5, 0.6) is 0 Å². The van der Waals surface area contributed by atoms with Gasteiger partial charge in [0, 0.05) is 51.6 Å². The molecule has 0 bridgehead atoms. The summed E-state index contributed by atoms with van der Waals surface area (Å²) in [5.41, 5.74) is 0.669. The number of aryl methyl sites for hydroxylation is 1. The number of carbonyl (C=O) groups excluding carboxylic acids is 1. The zero-order chi connectivity index (χ0) is 14.8. The highest BCUT2D eigenvalue weighted by molar-refractivity contribution is 5.93. The molecule has 0 atom stereocenters. The van der Waals surface area contributed by atoms with Crippen LogP contribution in [0.4, 0.5) is 0 Å². The molecule has 3 rings (SSSR count). The molecule has 0 saturated carbocycles. The number of amides is 1. The minimum absolute atomic E-state index is 0.0919. The van der Waals surface area contributed by atoms with Crippen LogP contribution in [0.25, 0.3) is 0 Å². The summed E-state index contributed by atoms with van der Waals surface area (Å²) < 4.78 is 7.09. The van der Waals surface area contributed by atoms with Gasteiger partial charge in [0.2, 0.25) is 0 Å². The van der Waals surface area contributed by atoms with Crippen molar-refractivity contribution in [1.82, 2.24) is 19.6 Å². The average Bonchev–Trinajstić information content (AvgIpc) is 2.89. The molecule has 116 valence electrons. The standard InChI is InChI=1S/C15H24N4O2/c1-3-19(12-5-8-21-9-6-12)13-10-18(11-13)15(20)14-4-7-16-17(14)2/h4,7,12-13H,3,5-6,8-11H2,1-2H3. The molecule has 0 spiro atoms. The number of likely N-dealkylation sites (tertiary alicyclic amines) is 1. The fraction of sp³-hybridized carbons (Fsp3) is 0.733. The van der Waals surface area contributed by atoms with Crippen LogP contribution in [0.1, 0.15) is 30.3 Å².